The van der Waals surface area contributed by atoms with Crippen molar-refractivity contribution in [3.63, 3.8) is 0 Å². The summed E-state index contributed by atoms with van der Waals surface area (Å²) in [5.41, 5.74) is 4.16. The topological polar surface area (TPSA) is 47.6 Å². The molecule has 0 spiro atoms. The SMILES string of the molecule is N#CC1=C(C#N)C2C3c4ccccc4C1C23. The lowest BCUT2D eigenvalue weighted by Crippen LogP contribution is -1.97. The molecule has 0 N–H and O–H groups in total. The van der Waals surface area contributed by atoms with E-state index in [9.17, 15) is 5.26 Å². The molecule has 2 heteroatoms. The highest BCUT2D eigenvalue weighted by molar-refractivity contribution is 5.65. The Labute approximate surface area is 93.4 Å². The third kappa shape index (κ3) is 0.649. The van der Waals surface area contributed by atoms with Crippen LogP contribution in [-0.2, 0) is 0 Å². The van der Waals surface area contributed by atoms with E-state index in [0.29, 0.717) is 17.8 Å². The van der Waals surface area contributed by atoms with E-state index in [1.54, 1.807) is 0 Å². The molecule has 3 aliphatic rings. The van der Waals surface area contributed by atoms with Crippen LogP contribution < -0.4 is 0 Å². The summed E-state index contributed by atoms with van der Waals surface area (Å²) in [7, 11) is 0. The lowest BCUT2D eigenvalue weighted by Gasteiger charge is -2.08. The van der Waals surface area contributed by atoms with E-state index in [1.807, 2.05) is 6.07 Å². The van der Waals surface area contributed by atoms with Gasteiger partial charge in [-0.15, -0.1) is 0 Å². The first kappa shape index (κ1) is 8.13. The number of benzene rings is 1. The second kappa shape index (κ2) is 2.36. The van der Waals surface area contributed by atoms with Gasteiger partial charge in [-0.2, -0.15) is 10.5 Å². The molecule has 4 rings (SSSR count). The van der Waals surface area contributed by atoms with E-state index in [2.05, 4.69) is 30.3 Å². The Hall–Kier alpha value is -2.06. The largest absolute Gasteiger partial charge is 0.193 e. The van der Waals surface area contributed by atoms with Crippen molar-refractivity contribution in [3.8, 4) is 12.1 Å². The van der Waals surface area contributed by atoms with Crippen molar-refractivity contribution in [1.29, 1.82) is 10.5 Å². The molecule has 0 heterocycles. The standard InChI is InChI=1S/C14H8N2/c15-5-9-10(6-16)13-12-8-4-2-1-3-7(8)11(9)14(12)13/h1-4,11-14H. The van der Waals surface area contributed by atoms with Crippen LogP contribution in [0.5, 0.6) is 0 Å². The molecule has 4 unspecified atom stereocenters. The Kier molecular flexibility index (Phi) is 1.20. The van der Waals surface area contributed by atoms with Gasteiger partial charge in [-0.05, 0) is 23.0 Å². The third-order valence-corrected chi connectivity index (χ3v) is 4.33. The number of hydrogen-bond donors (Lipinski definition) is 0. The van der Waals surface area contributed by atoms with Gasteiger partial charge in [0.25, 0.3) is 0 Å². The van der Waals surface area contributed by atoms with Crippen LogP contribution in [0.25, 0.3) is 0 Å². The summed E-state index contributed by atoms with van der Waals surface area (Å²) >= 11 is 0. The van der Waals surface area contributed by atoms with Crippen LogP contribution in [0.15, 0.2) is 35.4 Å². The first-order valence-corrected chi connectivity index (χ1v) is 5.51. The first-order valence-electron chi connectivity index (χ1n) is 5.51. The molecular weight excluding hydrogens is 196 g/mol. The van der Waals surface area contributed by atoms with Crippen molar-refractivity contribution in [2.24, 2.45) is 11.8 Å². The van der Waals surface area contributed by atoms with Crippen LogP contribution in [0.3, 0.4) is 0 Å². The molecule has 0 aliphatic heterocycles. The molecule has 0 amide bonds. The van der Waals surface area contributed by atoms with Gasteiger partial charge < -0.3 is 0 Å². The number of allylic oxidation sites excluding steroid dienone is 2. The molecule has 16 heavy (non-hydrogen) atoms. The van der Waals surface area contributed by atoms with Gasteiger partial charge in [-0.25, -0.2) is 0 Å². The molecule has 1 fully saturated rings. The van der Waals surface area contributed by atoms with Crippen LogP contribution in [0.2, 0.25) is 0 Å². The number of hydrogen-bond acceptors (Lipinski definition) is 2. The number of nitrogens with zero attached hydrogens (tertiary/aromatic N) is 2. The monoisotopic (exact) mass is 204 g/mol. The highest BCUT2D eigenvalue weighted by Crippen LogP contribution is 2.75. The number of rotatable bonds is 0. The average Bonchev–Trinajstić information content (AvgIpc) is 2.85. The van der Waals surface area contributed by atoms with E-state index in [4.69, 9.17) is 5.26 Å². The molecule has 0 aromatic heterocycles. The van der Waals surface area contributed by atoms with Gasteiger partial charge in [0.2, 0.25) is 0 Å². The Bertz CT molecular complexity index is 627. The van der Waals surface area contributed by atoms with Crippen LogP contribution in [-0.4, -0.2) is 0 Å². The van der Waals surface area contributed by atoms with Crippen molar-refractivity contribution < 1.29 is 0 Å². The zero-order chi connectivity index (χ0) is 10.9. The molecule has 3 aliphatic carbocycles. The Morgan fingerprint density at radius 1 is 0.875 bits per heavy atom. The zero-order valence-electron chi connectivity index (χ0n) is 8.51. The maximum Gasteiger partial charge on any atom is 0.0964 e. The summed E-state index contributed by atoms with van der Waals surface area (Å²) in [4.78, 5) is 0. The Morgan fingerprint density at radius 2 is 1.56 bits per heavy atom. The van der Waals surface area contributed by atoms with Crippen LogP contribution >= 0.6 is 0 Å². The van der Waals surface area contributed by atoms with E-state index in [0.717, 1.165) is 11.1 Å². The fraction of sp³-hybridized carbons (Fsp3) is 0.286. The van der Waals surface area contributed by atoms with Gasteiger partial charge in [0.15, 0.2) is 0 Å². The fourth-order valence-electron chi connectivity index (χ4n) is 3.79. The molecule has 1 saturated carbocycles. The molecule has 4 atom stereocenters. The second-order valence-corrected chi connectivity index (χ2v) is 4.79. The van der Waals surface area contributed by atoms with Gasteiger partial charge in [0, 0.05) is 17.4 Å². The van der Waals surface area contributed by atoms with E-state index < -0.39 is 0 Å². The normalized spacial score (nSPS) is 36.4. The fourth-order valence-corrected chi connectivity index (χ4v) is 3.79. The molecule has 0 radical (unpaired) electrons. The third-order valence-electron chi connectivity index (χ3n) is 4.33. The summed E-state index contributed by atoms with van der Waals surface area (Å²) < 4.78 is 0. The predicted molar refractivity (Wildman–Crippen MR) is 57.2 cm³/mol. The smallest absolute Gasteiger partial charge is 0.0964 e. The van der Waals surface area contributed by atoms with Crippen LogP contribution in [0, 0.1) is 34.5 Å². The van der Waals surface area contributed by atoms with Gasteiger partial charge in [-0.3, -0.25) is 0 Å². The summed E-state index contributed by atoms with van der Waals surface area (Å²) in [5, 5.41) is 18.3. The molecule has 74 valence electrons. The molecular formula is C14H8N2. The quantitative estimate of drug-likeness (QED) is 0.651. The lowest BCUT2D eigenvalue weighted by atomic mass is 9.93. The predicted octanol–water partition coefficient (Wildman–Crippen LogP) is 2.47. The minimum atomic E-state index is 0.228. The maximum absolute atomic E-state index is 9.19. The summed E-state index contributed by atoms with van der Waals surface area (Å²) in [6.45, 7) is 0. The van der Waals surface area contributed by atoms with Crippen molar-refractivity contribution in [2.75, 3.05) is 0 Å². The highest BCUT2D eigenvalue weighted by atomic mass is 14.7. The van der Waals surface area contributed by atoms with Crippen LogP contribution in [0.4, 0.5) is 0 Å². The van der Waals surface area contributed by atoms with Crippen LogP contribution in [0.1, 0.15) is 23.0 Å². The van der Waals surface area contributed by atoms with Crippen molar-refractivity contribution in [2.45, 2.75) is 11.8 Å². The lowest BCUT2D eigenvalue weighted by molar-refractivity contribution is 0.734. The van der Waals surface area contributed by atoms with E-state index in [1.165, 1.54) is 11.1 Å². The van der Waals surface area contributed by atoms with E-state index in [-0.39, 0.29) is 5.92 Å². The molecule has 1 aromatic rings. The highest BCUT2D eigenvalue weighted by Gasteiger charge is 2.67. The number of fused-ring (bicyclic) bond motifs is 4. The van der Waals surface area contributed by atoms with Crippen molar-refractivity contribution in [1.82, 2.24) is 0 Å². The van der Waals surface area contributed by atoms with Gasteiger partial charge in [-0.1, -0.05) is 24.3 Å². The second-order valence-electron chi connectivity index (χ2n) is 4.79. The summed E-state index contributed by atoms with van der Waals surface area (Å²) in [6, 6.07) is 12.8. The van der Waals surface area contributed by atoms with Gasteiger partial charge >= 0.3 is 0 Å². The van der Waals surface area contributed by atoms with E-state index >= 15 is 0 Å². The molecule has 0 bridgehead atoms. The average molecular weight is 204 g/mol. The summed E-state index contributed by atoms with van der Waals surface area (Å²) in [5.74, 6) is 1.65. The minimum absolute atomic E-state index is 0.228. The first-order chi connectivity index (χ1) is 7.88. The zero-order valence-corrected chi connectivity index (χ0v) is 8.51. The van der Waals surface area contributed by atoms with Gasteiger partial charge in [0.05, 0.1) is 17.7 Å². The summed E-state index contributed by atoms with van der Waals surface area (Å²) in [6.07, 6.45) is 0. The maximum atomic E-state index is 9.19. The van der Waals surface area contributed by atoms with Crippen molar-refractivity contribution >= 4 is 0 Å². The van der Waals surface area contributed by atoms with Crippen molar-refractivity contribution in [3.05, 3.63) is 46.5 Å². The Morgan fingerprint density at radius 3 is 2.25 bits per heavy atom. The Balaban J connectivity index is 1.99. The van der Waals surface area contributed by atoms with Gasteiger partial charge in [0.1, 0.15) is 0 Å². The number of nitriles is 2. The molecule has 2 nitrogen and oxygen atoms in total. The molecule has 0 saturated heterocycles. The minimum Gasteiger partial charge on any atom is -0.193 e. The molecule has 1 aromatic carbocycles.